The van der Waals surface area contributed by atoms with Gasteiger partial charge in [0.1, 0.15) is 6.34 Å². The molecule has 2 aliphatic heterocycles. The summed E-state index contributed by atoms with van der Waals surface area (Å²) in [5.74, 6) is 0. The standard InChI is InChI=1S/C5H9N3O/c1-2-8-4-7-9-5(8)3-6-1/h4-6H,1-3H2. The molecule has 0 radical (unpaired) electrons. The van der Waals surface area contributed by atoms with E-state index in [1.807, 2.05) is 0 Å². The van der Waals surface area contributed by atoms with Gasteiger partial charge in [-0.2, -0.15) is 0 Å². The summed E-state index contributed by atoms with van der Waals surface area (Å²) in [5.41, 5.74) is 0. The van der Waals surface area contributed by atoms with Gasteiger partial charge in [-0.05, 0) is 0 Å². The van der Waals surface area contributed by atoms with Gasteiger partial charge in [-0.1, -0.05) is 5.16 Å². The highest BCUT2D eigenvalue weighted by Gasteiger charge is 2.24. The van der Waals surface area contributed by atoms with Crippen molar-refractivity contribution in [1.82, 2.24) is 10.2 Å². The minimum atomic E-state index is 0.166. The van der Waals surface area contributed by atoms with Crippen molar-refractivity contribution in [2.24, 2.45) is 5.16 Å². The molecule has 0 spiro atoms. The van der Waals surface area contributed by atoms with Gasteiger partial charge in [0.2, 0.25) is 6.23 Å². The van der Waals surface area contributed by atoms with E-state index in [0.29, 0.717) is 0 Å². The van der Waals surface area contributed by atoms with Gasteiger partial charge < -0.3 is 15.1 Å². The Labute approximate surface area is 53.5 Å². The van der Waals surface area contributed by atoms with Crippen LogP contribution < -0.4 is 5.32 Å². The zero-order chi connectivity index (χ0) is 6.10. The van der Waals surface area contributed by atoms with Gasteiger partial charge in [0.25, 0.3) is 0 Å². The molecule has 0 bridgehead atoms. The molecule has 2 aliphatic rings. The lowest BCUT2D eigenvalue weighted by molar-refractivity contribution is -0.000487. The maximum atomic E-state index is 4.99. The Morgan fingerprint density at radius 1 is 1.78 bits per heavy atom. The molecule has 0 saturated carbocycles. The van der Waals surface area contributed by atoms with Crippen molar-refractivity contribution in [2.75, 3.05) is 19.6 Å². The molecule has 1 unspecified atom stereocenters. The Hall–Kier alpha value is -0.770. The molecule has 1 N–H and O–H groups in total. The Balaban J connectivity index is 2.03. The second kappa shape index (κ2) is 1.88. The average Bonchev–Trinajstić information content (AvgIpc) is 2.33. The maximum absolute atomic E-state index is 4.99. The summed E-state index contributed by atoms with van der Waals surface area (Å²) < 4.78 is 0. The van der Waals surface area contributed by atoms with Crippen LogP contribution in [-0.4, -0.2) is 37.1 Å². The van der Waals surface area contributed by atoms with Crippen LogP contribution in [0.3, 0.4) is 0 Å². The number of hydrogen-bond donors (Lipinski definition) is 1. The predicted octanol–water partition coefficient (Wildman–Crippen LogP) is -0.809. The summed E-state index contributed by atoms with van der Waals surface area (Å²) in [5, 5.41) is 6.90. The summed E-state index contributed by atoms with van der Waals surface area (Å²) in [4.78, 5) is 7.08. The van der Waals surface area contributed by atoms with Gasteiger partial charge in [0, 0.05) is 13.1 Å². The molecule has 1 saturated heterocycles. The topological polar surface area (TPSA) is 36.9 Å². The Kier molecular flexibility index (Phi) is 1.05. The first-order chi connectivity index (χ1) is 4.47. The minimum absolute atomic E-state index is 0.166. The fourth-order valence-electron chi connectivity index (χ4n) is 1.08. The molecule has 0 aliphatic carbocycles. The van der Waals surface area contributed by atoms with E-state index in [0.717, 1.165) is 19.6 Å². The van der Waals surface area contributed by atoms with Crippen LogP contribution in [0, 0.1) is 0 Å². The number of nitrogens with one attached hydrogen (secondary N) is 1. The van der Waals surface area contributed by atoms with Crippen molar-refractivity contribution >= 4 is 6.34 Å². The Bertz CT molecular complexity index is 136. The number of piperazine rings is 1. The average molecular weight is 127 g/mol. The third kappa shape index (κ3) is 0.751. The van der Waals surface area contributed by atoms with Crippen molar-refractivity contribution in [3.05, 3.63) is 0 Å². The summed E-state index contributed by atoms with van der Waals surface area (Å²) in [6, 6.07) is 0. The first-order valence-electron chi connectivity index (χ1n) is 3.12. The largest absolute Gasteiger partial charge is 0.368 e. The highest BCUT2D eigenvalue weighted by molar-refractivity contribution is 5.56. The number of rotatable bonds is 0. The summed E-state index contributed by atoms with van der Waals surface area (Å²) in [6.07, 6.45) is 1.92. The lowest BCUT2D eigenvalue weighted by atomic mass is 10.4. The third-order valence-electron chi connectivity index (χ3n) is 1.61. The van der Waals surface area contributed by atoms with Gasteiger partial charge in [-0.25, -0.2) is 0 Å². The second-order valence-electron chi connectivity index (χ2n) is 2.22. The second-order valence-corrected chi connectivity index (χ2v) is 2.22. The molecular weight excluding hydrogens is 118 g/mol. The van der Waals surface area contributed by atoms with Crippen molar-refractivity contribution in [3.8, 4) is 0 Å². The zero-order valence-corrected chi connectivity index (χ0v) is 5.08. The molecule has 4 nitrogen and oxygen atoms in total. The Morgan fingerprint density at radius 3 is 3.67 bits per heavy atom. The van der Waals surface area contributed by atoms with E-state index >= 15 is 0 Å². The van der Waals surface area contributed by atoms with Gasteiger partial charge in [0.15, 0.2) is 0 Å². The van der Waals surface area contributed by atoms with Crippen molar-refractivity contribution < 1.29 is 4.84 Å². The predicted molar refractivity (Wildman–Crippen MR) is 32.9 cm³/mol. The lowest BCUT2D eigenvalue weighted by Gasteiger charge is -2.26. The maximum Gasteiger partial charge on any atom is 0.213 e. The molecule has 1 atom stereocenters. The zero-order valence-electron chi connectivity index (χ0n) is 5.08. The SMILES string of the molecule is C1=NOC2CNCCN12. The van der Waals surface area contributed by atoms with Crippen LogP contribution in [-0.2, 0) is 4.84 Å². The number of nitrogens with zero attached hydrogens (tertiary/aromatic N) is 2. The highest BCUT2D eigenvalue weighted by atomic mass is 16.7. The van der Waals surface area contributed by atoms with Crippen LogP contribution in [0.5, 0.6) is 0 Å². The van der Waals surface area contributed by atoms with E-state index < -0.39 is 0 Å². The summed E-state index contributed by atoms with van der Waals surface area (Å²) >= 11 is 0. The monoisotopic (exact) mass is 127 g/mol. The van der Waals surface area contributed by atoms with E-state index in [4.69, 9.17) is 4.84 Å². The number of oxime groups is 1. The molecule has 2 rings (SSSR count). The molecule has 0 aromatic carbocycles. The minimum Gasteiger partial charge on any atom is -0.368 e. The first kappa shape index (κ1) is 5.05. The van der Waals surface area contributed by atoms with Crippen LogP contribution in [0.2, 0.25) is 0 Å². The fraction of sp³-hybridized carbons (Fsp3) is 0.800. The van der Waals surface area contributed by atoms with Crippen molar-refractivity contribution in [2.45, 2.75) is 6.23 Å². The van der Waals surface area contributed by atoms with Gasteiger partial charge >= 0.3 is 0 Å². The van der Waals surface area contributed by atoms with Crippen molar-refractivity contribution in [3.63, 3.8) is 0 Å². The lowest BCUT2D eigenvalue weighted by Crippen LogP contribution is -2.48. The van der Waals surface area contributed by atoms with E-state index in [-0.39, 0.29) is 6.23 Å². The molecule has 9 heavy (non-hydrogen) atoms. The summed E-state index contributed by atoms with van der Waals surface area (Å²) in [7, 11) is 0. The summed E-state index contributed by atoms with van der Waals surface area (Å²) in [6.45, 7) is 2.93. The molecule has 0 amide bonds. The van der Waals surface area contributed by atoms with E-state index in [1.54, 1.807) is 6.34 Å². The molecule has 2 heterocycles. The molecule has 50 valence electrons. The first-order valence-corrected chi connectivity index (χ1v) is 3.12. The van der Waals surface area contributed by atoms with E-state index in [9.17, 15) is 0 Å². The molecule has 0 aromatic rings. The number of fused-ring (bicyclic) bond motifs is 1. The normalized spacial score (nSPS) is 32.0. The quantitative estimate of drug-likeness (QED) is 0.462. The van der Waals surface area contributed by atoms with Crippen LogP contribution in [0.1, 0.15) is 0 Å². The van der Waals surface area contributed by atoms with Gasteiger partial charge in [-0.3, -0.25) is 0 Å². The van der Waals surface area contributed by atoms with Crippen LogP contribution in [0.4, 0.5) is 0 Å². The number of hydrogen-bond acceptors (Lipinski definition) is 4. The highest BCUT2D eigenvalue weighted by Crippen LogP contribution is 2.07. The molecule has 0 aromatic heterocycles. The van der Waals surface area contributed by atoms with E-state index in [2.05, 4.69) is 15.4 Å². The third-order valence-corrected chi connectivity index (χ3v) is 1.61. The van der Waals surface area contributed by atoms with Gasteiger partial charge in [0.05, 0.1) is 6.54 Å². The smallest absolute Gasteiger partial charge is 0.213 e. The van der Waals surface area contributed by atoms with E-state index in [1.165, 1.54) is 0 Å². The Morgan fingerprint density at radius 2 is 2.78 bits per heavy atom. The van der Waals surface area contributed by atoms with Crippen molar-refractivity contribution in [1.29, 1.82) is 0 Å². The molecule has 1 fully saturated rings. The van der Waals surface area contributed by atoms with Gasteiger partial charge in [-0.15, -0.1) is 0 Å². The fourth-order valence-corrected chi connectivity index (χ4v) is 1.08. The van der Waals surface area contributed by atoms with Crippen LogP contribution >= 0.6 is 0 Å². The van der Waals surface area contributed by atoms with Crippen LogP contribution in [0.25, 0.3) is 0 Å². The molecular formula is C5H9N3O. The molecule has 4 heteroatoms. The van der Waals surface area contributed by atoms with Crippen LogP contribution in [0.15, 0.2) is 5.16 Å².